The Morgan fingerprint density at radius 2 is 2.10 bits per heavy atom. The molecule has 1 aromatic heterocycles. The number of nitrogens with one attached hydrogen (secondary N) is 1. The van der Waals surface area contributed by atoms with Gasteiger partial charge in [-0.1, -0.05) is 25.0 Å². The lowest BCUT2D eigenvalue weighted by molar-refractivity contribution is -0.122. The van der Waals surface area contributed by atoms with E-state index in [9.17, 15) is 4.79 Å². The van der Waals surface area contributed by atoms with Gasteiger partial charge in [-0.15, -0.1) is 0 Å². The molecular weight excluding hydrogens is 264 g/mol. The number of aryl methyl sites for hydroxylation is 1. The molecular formula is C16H20N4O. The lowest BCUT2D eigenvalue weighted by Gasteiger charge is -2.30. The van der Waals surface area contributed by atoms with Gasteiger partial charge in [0.1, 0.15) is 12.1 Å². The van der Waals surface area contributed by atoms with E-state index in [0.29, 0.717) is 0 Å². The summed E-state index contributed by atoms with van der Waals surface area (Å²) in [6.07, 6.45) is 5.55. The summed E-state index contributed by atoms with van der Waals surface area (Å²) in [4.78, 5) is 20.3. The summed E-state index contributed by atoms with van der Waals surface area (Å²) >= 11 is 0. The number of nitrogens with two attached hydrogens (primary N) is 1. The number of primary amides is 1. The summed E-state index contributed by atoms with van der Waals surface area (Å²) < 4.78 is 0. The molecule has 0 bridgehead atoms. The van der Waals surface area contributed by atoms with Gasteiger partial charge < -0.3 is 11.1 Å². The molecule has 5 nitrogen and oxygen atoms in total. The van der Waals surface area contributed by atoms with E-state index in [-0.39, 0.29) is 17.9 Å². The quantitative estimate of drug-likeness (QED) is 0.906. The molecule has 1 aliphatic rings. The van der Waals surface area contributed by atoms with E-state index in [1.54, 1.807) is 6.33 Å². The Bertz CT molecular complexity index is 665. The van der Waals surface area contributed by atoms with Crippen molar-refractivity contribution >= 4 is 22.6 Å². The molecule has 1 aliphatic carbocycles. The van der Waals surface area contributed by atoms with Gasteiger partial charge in [0.2, 0.25) is 5.91 Å². The van der Waals surface area contributed by atoms with Gasteiger partial charge in [0.15, 0.2) is 0 Å². The maximum atomic E-state index is 11.6. The number of hydrogen-bond acceptors (Lipinski definition) is 4. The van der Waals surface area contributed by atoms with Crippen LogP contribution in [-0.2, 0) is 4.79 Å². The molecule has 1 amide bonds. The molecule has 21 heavy (non-hydrogen) atoms. The topological polar surface area (TPSA) is 80.9 Å². The van der Waals surface area contributed by atoms with E-state index < -0.39 is 0 Å². The van der Waals surface area contributed by atoms with Crippen molar-refractivity contribution in [3.8, 4) is 0 Å². The van der Waals surface area contributed by atoms with Crippen LogP contribution in [0.2, 0.25) is 0 Å². The smallest absolute Gasteiger partial charge is 0.222 e. The molecule has 0 radical (unpaired) electrons. The van der Waals surface area contributed by atoms with Gasteiger partial charge in [0.05, 0.1) is 11.4 Å². The van der Waals surface area contributed by atoms with Crippen LogP contribution in [0.5, 0.6) is 0 Å². The number of benzene rings is 1. The van der Waals surface area contributed by atoms with Crippen molar-refractivity contribution in [2.45, 2.75) is 38.6 Å². The molecule has 1 fully saturated rings. The predicted octanol–water partition coefficient (Wildman–Crippen LogP) is 2.39. The molecule has 1 aromatic carbocycles. The van der Waals surface area contributed by atoms with Gasteiger partial charge in [-0.25, -0.2) is 9.97 Å². The predicted molar refractivity (Wildman–Crippen MR) is 82.8 cm³/mol. The fourth-order valence-corrected chi connectivity index (χ4v) is 3.21. The summed E-state index contributed by atoms with van der Waals surface area (Å²) in [6, 6.07) is 6.07. The van der Waals surface area contributed by atoms with Crippen LogP contribution in [0.4, 0.5) is 5.82 Å². The van der Waals surface area contributed by atoms with Crippen molar-refractivity contribution < 1.29 is 4.79 Å². The zero-order valence-electron chi connectivity index (χ0n) is 12.2. The molecule has 5 heteroatoms. The standard InChI is InChI=1S/C16H20N4O/c1-10-5-4-8-13-14(10)16(19-9-18-13)20-12-7-3-2-6-11(12)15(17)21/h4-5,8-9,11-12H,2-3,6-7H2,1H3,(H2,17,21)(H,18,19,20)/t11-,12-/m1/s1. The second kappa shape index (κ2) is 5.68. The molecule has 110 valence electrons. The van der Waals surface area contributed by atoms with Gasteiger partial charge >= 0.3 is 0 Å². The summed E-state index contributed by atoms with van der Waals surface area (Å²) in [5.74, 6) is 0.464. The van der Waals surface area contributed by atoms with Gasteiger partial charge in [0.25, 0.3) is 0 Å². The van der Waals surface area contributed by atoms with Crippen molar-refractivity contribution in [1.82, 2.24) is 9.97 Å². The van der Waals surface area contributed by atoms with Crippen molar-refractivity contribution in [3.05, 3.63) is 30.1 Å². The van der Waals surface area contributed by atoms with Crippen LogP contribution in [0, 0.1) is 12.8 Å². The van der Waals surface area contributed by atoms with Gasteiger partial charge in [-0.2, -0.15) is 0 Å². The second-order valence-electron chi connectivity index (χ2n) is 5.74. The molecule has 0 unspecified atom stereocenters. The Kier molecular flexibility index (Phi) is 3.73. The Balaban J connectivity index is 1.95. The summed E-state index contributed by atoms with van der Waals surface area (Å²) in [7, 11) is 0. The second-order valence-corrected chi connectivity index (χ2v) is 5.74. The van der Waals surface area contributed by atoms with Gasteiger partial charge in [-0.3, -0.25) is 4.79 Å². The molecule has 1 heterocycles. The highest BCUT2D eigenvalue weighted by Crippen LogP contribution is 2.29. The van der Waals surface area contributed by atoms with Crippen LogP contribution in [0.15, 0.2) is 24.5 Å². The fourth-order valence-electron chi connectivity index (χ4n) is 3.21. The maximum absolute atomic E-state index is 11.6. The number of hydrogen-bond donors (Lipinski definition) is 2. The average molecular weight is 284 g/mol. The third-order valence-electron chi connectivity index (χ3n) is 4.32. The van der Waals surface area contributed by atoms with E-state index in [2.05, 4.69) is 15.3 Å². The monoisotopic (exact) mass is 284 g/mol. The number of anilines is 1. The number of aromatic nitrogens is 2. The Labute approximate surface area is 124 Å². The third kappa shape index (κ3) is 2.68. The average Bonchev–Trinajstić information content (AvgIpc) is 2.48. The van der Waals surface area contributed by atoms with E-state index in [0.717, 1.165) is 48.0 Å². The van der Waals surface area contributed by atoms with Crippen molar-refractivity contribution in [2.75, 3.05) is 5.32 Å². The molecule has 0 saturated heterocycles. The molecule has 1 saturated carbocycles. The number of fused-ring (bicyclic) bond motifs is 1. The van der Waals surface area contributed by atoms with Crippen LogP contribution in [0.1, 0.15) is 31.2 Å². The largest absolute Gasteiger partial charge is 0.369 e. The van der Waals surface area contributed by atoms with Crippen LogP contribution >= 0.6 is 0 Å². The van der Waals surface area contributed by atoms with E-state index in [1.165, 1.54) is 0 Å². The first-order valence-corrected chi connectivity index (χ1v) is 7.43. The minimum atomic E-state index is -0.220. The lowest BCUT2D eigenvalue weighted by atomic mass is 9.84. The zero-order valence-corrected chi connectivity index (χ0v) is 12.2. The number of nitrogens with zero attached hydrogens (tertiary/aromatic N) is 2. The minimum Gasteiger partial charge on any atom is -0.369 e. The molecule has 2 aromatic rings. The molecule has 3 N–H and O–H groups in total. The first kappa shape index (κ1) is 13.8. The zero-order chi connectivity index (χ0) is 14.8. The number of carbonyl (C=O) groups excluding carboxylic acids is 1. The Hall–Kier alpha value is -2.17. The van der Waals surface area contributed by atoms with Crippen LogP contribution in [0.3, 0.4) is 0 Å². The van der Waals surface area contributed by atoms with E-state index in [4.69, 9.17) is 5.73 Å². The van der Waals surface area contributed by atoms with E-state index in [1.807, 2.05) is 25.1 Å². The molecule has 0 spiro atoms. The van der Waals surface area contributed by atoms with Crippen LogP contribution < -0.4 is 11.1 Å². The lowest BCUT2D eigenvalue weighted by Crippen LogP contribution is -2.40. The number of rotatable bonds is 3. The normalized spacial score (nSPS) is 22.1. The van der Waals surface area contributed by atoms with Crippen LogP contribution in [-0.4, -0.2) is 21.9 Å². The first-order valence-electron chi connectivity index (χ1n) is 7.43. The summed E-state index contributed by atoms with van der Waals surface area (Å²) in [5, 5.41) is 4.47. The summed E-state index contributed by atoms with van der Waals surface area (Å²) in [6.45, 7) is 2.04. The first-order chi connectivity index (χ1) is 10.2. The highest BCUT2D eigenvalue weighted by Gasteiger charge is 2.29. The van der Waals surface area contributed by atoms with Gasteiger partial charge in [-0.05, 0) is 31.4 Å². The highest BCUT2D eigenvalue weighted by molar-refractivity contribution is 5.92. The van der Waals surface area contributed by atoms with Gasteiger partial charge in [0, 0.05) is 11.4 Å². The molecule has 3 rings (SSSR count). The van der Waals surface area contributed by atoms with Crippen molar-refractivity contribution in [2.24, 2.45) is 11.7 Å². The Morgan fingerprint density at radius 3 is 2.90 bits per heavy atom. The van der Waals surface area contributed by atoms with Crippen molar-refractivity contribution in [1.29, 1.82) is 0 Å². The van der Waals surface area contributed by atoms with Crippen molar-refractivity contribution in [3.63, 3.8) is 0 Å². The van der Waals surface area contributed by atoms with Crippen LogP contribution in [0.25, 0.3) is 10.9 Å². The highest BCUT2D eigenvalue weighted by atomic mass is 16.1. The number of carbonyl (C=O) groups is 1. The molecule has 0 aliphatic heterocycles. The summed E-state index contributed by atoms with van der Waals surface area (Å²) in [5.41, 5.74) is 7.58. The van der Waals surface area contributed by atoms with E-state index >= 15 is 0 Å². The fraction of sp³-hybridized carbons (Fsp3) is 0.438. The third-order valence-corrected chi connectivity index (χ3v) is 4.32. The number of amides is 1. The minimum absolute atomic E-state index is 0.0638. The molecule has 2 atom stereocenters. The maximum Gasteiger partial charge on any atom is 0.222 e. The Morgan fingerprint density at radius 1 is 1.29 bits per heavy atom. The SMILES string of the molecule is Cc1cccc2ncnc(N[C@@H]3CCCC[C@H]3C(N)=O)c12.